The van der Waals surface area contributed by atoms with Crippen LogP contribution in [0.3, 0.4) is 0 Å². The number of amides is 2. The molecule has 24 heavy (non-hydrogen) atoms. The molecule has 1 atom stereocenters. The summed E-state index contributed by atoms with van der Waals surface area (Å²) in [7, 11) is 0. The minimum atomic E-state index is -0.111. The normalized spacial score (nSPS) is 17.5. The molecule has 6 nitrogen and oxygen atoms in total. The van der Waals surface area contributed by atoms with Gasteiger partial charge in [-0.3, -0.25) is 4.98 Å². The Morgan fingerprint density at radius 1 is 1.29 bits per heavy atom. The fourth-order valence-electron chi connectivity index (χ4n) is 3.08. The molecule has 2 heterocycles. The van der Waals surface area contributed by atoms with Crippen LogP contribution in [-0.4, -0.2) is 39.2 Å². The molecular weight excluding hydrogens is 306 g/mol. The Kier molecular flexibility index (Phi) is 4.84. The largest absolute Gasteiger partial charge is 0.504 e. The molecule has 1 aliphatic heterocycles. The number of piperidine rings is 1. The van der Waals surface area contributed by atoms with Gasteiger partial charge in [-0.2, -0.15) is 0 Å². The minimum Gasteiger partial charge on any atom is -0.504 e. The molecule has 6 heteroatoms. The summed E-state index contributed by atoms with van der Waals surface area (Å²) in [5, 5.41) is 21.9. The molecule has 1 saturated heterocycles. The van der Waals surface area contributed by atoms with Crippen LogP contribution in [-0.2, 0) is 6.42 Å². The van der Waals surface area contributed by atoms with Crippen molar-refractivity contribution in [3.63, 3.8) is 0 Å². The van der Waals surface area contributed by atoms with Crippen LogP contribution >= 0.6 is 0 Å². The fourth-order valence-corrected chi connectivity index (χ4v) is 3.08. The van der Waals surface area contributed by atoms with Crippen molar-refractivity contribution in [3.8, 4) is 11.5 Å². The minimum absolute atomic E-state index is 0.102. The molecular formula is C18H21N3O3. The smallest absolute Gasteiger partial charge is 0.321 e. The number of urea groups is 1. The van der Waals surface area contributed by atoms with Crippen LogP contribution in [0.4, 0.5) is 10.5 Å². The Balaban J connectivity index is 1.59. The van der Waals surface area contributed by atoms with E-state index < -0.39 is 0 Å². The summed E-state index contributed by atoms with van der Waals surface area (Å²) in [5.41, 5.74) is 1.65. The van der Waals surface area contributed by atoms with Gasteiger partial charge < -0.3 is 20.4 Å². The number of hydrogen-bond acceptors (Lipinski definition) is 4. The number of likely N-dealkylation sites (tertiary alicyclic amines) is 1. The zero-order valence-electron chi connectivity index (χ0n) is 13.4. The topological polar surface area (TPSA) is 85.7 Å². The average molecular weight is 327 g/mol. The maximum Gasteiger partial charge on any atom is 0.321 e. The maximum atomic E-state index is 12.4. The van der Waals surface area contributed by atoms with Crippen LogP contribution < -0.4 is 5.32 Å². The summed E-state index contributed by atoms with van der Waals surface area (Å²) in [6, 6.07) is 8.38. The van der Waals surface area contributed by atoms with Crippen molar-refractivity contribution in [2.24, 2.45) is 5.92 Å². The highest BCUT2D eigenvalue weighted by Gasteiger charge is 2.24. The molecule has 1 fully saturated rings. The number of anilines is 1. The third-order valence-corrected chi connectivity index (χ3v) is 4.28. The van der Waals surface area contributed by atoms with Gasteiger partial charge in [0.05, 0.1) is 11.9 Å². The van der Waals surface area contributed by atoms with E-state index in [1.54, 1.807) is 24.5 Å². The molecule has 2 amide bonds. The highest BCUT2D eigenvalue weighted by Crippen LogP contribution is 2.28. The SMILES string of the molecule is O=C(Nc1cccnc1)N1CCCC(Cc2ccc(O)c(O)c2)C1. The Morgan fingerprint density at radius 2 is 2.17 bits per heavy atom. The molecule has 1 unspecified atom stereocenters. The second kappa shape index (κ2) is 7.21. The molecule has 126 valence electrons. The highest BCUT2D eigenvalue weighted by molar-refractivity contribution is 5.89. The van der Waals surface area contributed by atoms with Gasteiger partial charge >= 0.3 is 6.03 Å². The van der Waals surface area contributed by atoms with E-state index in [-0.39, 0.29) is 17.5 Å². The van der Waals surface area contributed by atoms with Crippen molar-refractivity contribution < 1.29 is 15.0 Å². The zero-order chi connectivity index (χ0) is 16.9. The molecule has 3 rings (SSSR count). The molecule has 1 aliphatic rings. The van der Waals surface area contributed by atoms with E-state index in [2.05, 4.69) is 10.3 Å². The number of pyridine rings is 1. The molecule has 0 radical (unpaired) electrons. The van der Waals surface area contributed by atoms with Gasteiger partial charge in [0.25, 0.3) is 0 Å². The molecule has 0 aliphatic carbocycles. The predicted octanol–water partition coefficient (Wildman–Crippen LogP) is 2.98. The van der Waals surface area contributed by atoms with Crippen molar-refractivity contribution in [2.45, 2.75) is 19.3 Å². The second-order valence-electron chi connectivity index (χ2n) is 6.15. The molecule has 0 saturated carbocycles. The molecule has 3 N–H and O–H groups in total. The van der Waals surface area contributed by atoms with E-state index >= 15 is 0 Å². The van der Waals surface area contributed by atoms with Crippen LogP contribution in [0.1, 0.15) is 18.4 Å². The number of hydrogen-bond donors (Lipinski definition) is 3. The fraction of sp³-hybridized carbons (Fsp3) is 0.333. The molecule has 0 bridgehead atoms. The first-order valence-electron chi connectivity index (χ1n) is 8.08. The van der Waals surface area contributed by atoms with E-state index in [9.17, 15) is 15.0 Å². The zero-order valence-corrected chi connectivity index (χ0v) is 13.4. The summed E-state index contributed by atoms with van der Waals surface area (Å²) >= 11 is 0. The van der Waals surface area contributed by atoms with Crippen molar-refractivity contribution >= 4 is 11.7 Å². The van der Waals surface area contributed by atoms with Crippen LogP contribution in [0.5, 0.6) is 11.5 Å². The first-order chi connectivity index (χ1) is 11.6. The summed E-state index contributed by atoms with van der Waals surface area (Å²) < 4.78 is 0. The van der Waals surface area contributed by atoms with Crippen molar-refractivity contribution in [3.05, 3.63) is 48.3 Å². The van der Waals surface area contributed by atoms with Crippen LogP contribution in [0.25, 0.3) is 0 Å². The Bertz CT molecular complexity index is 706. The van der Waals surface area contributed by atoms with Crippen LogP contribution in [0.15, 0.2) is 42.7 Å². The number of carbonyl (C=O) groups excluding carboxylic acids is 1. The number of phenols is 2. The number of nitrogens with one attached hydrogen (secondary N) is 1. The van der Waals surface area contributed by atoms with Gasteiger partial charge in [-0.25, -0.2) is 4.79 Å². The lowest BCUT2D eigenvalue weighted by Gasteiger charge is -2.33. The molecule has 1 aromatic heterocycles. The Morgan fingerprint density at radius 3 is 2.92 bits per heavy atom. The van der Waals surface area contributed by atoms with E-state index in [0.717, 1.165) is 31.4 Å². The maximum absolute atomic E-state index is 12.4. The first kappa shape index (κ1) is 16.1. The summed E-state index contributed by atoms with van der Waals surface area (Å²) in [6.07, 6.45) is 6.05. The molecule has 2 aromatic rings. The monoisotopic (exact) mass is 327 g/mol. The van der Waals surface area contributed by atoms with Gasteiger partial charge in [0, 0.05) is 19.3 Å². The average Bonchev–Trinajstić information content (AvgIpc) is 2.59. The molecule has 0 spiro atoms. The summed E-state index contributed by atoms with van der Waals surface area (Å²) in [4.78, 5) is 18.2. The first-order valence-corrected chi connectivity index (χ1v) is 8.08. The van der Waals surface area contributed by atoms with Crippen LogP contribution in [0, 0.1) is 5.92 Å². The number of benzene rings is 1. The quantitative estimate of drug-likeness (QED) is 0.757. The lowest BCUT2D eigenvalue weighted by atomic mass is 9.91. The number of nitrogens with zero attached hydrogens (tertiary/aromatic N) is 2. The van der Waals surface area contributed by atoms with Gasteiger partial charge in [-0.15, -0.1) is 0 Å². The summed E-state index contributed by atoms with van der Waals surface area (Å²) in [6.45, 7) is 1.41. The van der Waals surface area contributed by atoms with E-state index in [4.69, 9.17) is 0 Å². The number of phenolic OH excluding ortho intramolecular Hbond substituents is 2. The Hall–Kier alpha value is -2.76. The number of carbonyl (C=O) groups is 1. The second-order valence-corrected chi connectivity index (χ2v) is 6.15. The van der Waals surface area contributed by atoms with E-state index in [0.29, 0.717) is 18.2 Å². The van der Waals surface area contributed by atoms with Gasteiger partial charge in [-0.05, 0) is 55.0 Å². The molecule has 1 aromatic carbocycles. The van der Waals surface area contributed by atoms with E-state index in [1.807, 2.05) is 17.0 Å². The van der Waals surface area contributed by atoms with Crippen LogP contribution in [0.2, 0.25) is 0 Å². The third kappa shape index (κ3) is 3.95. The Labute approximate surface area is 140 Å². The van der Waals surface area contributed by atoms with Crippen molar-refractivity contribution in [2.75, 3.05) is 18.4 Å². The highest BCUT2D eigenvalue weighted by atomic mass is 16.3. The van der Waals surface area contributed by atoms with Gasteiger partial charge in [-0.1, -0.05) is 6.07 Å². The van der Waals surface area contributed by atoms with Crippen molar-refractivity contribution in [1.82, 2.24) is 9.88 Å². The lowest BCUT2D eigenvalue weighted by molar-refractivity contribution is 0.177. The van der Waals surface area contributed by atoms with Gasteiger partial charge in [0.1, 0.15) is 0 Å². The lowest BCUT2D eigenvalue weighted by Crippen LogP contribution is -2.42. The summed E-state index contributed by atoms with van der Waals surface area (Å²) in [5.74, 6) is 0.122. The third-order valence-electron chi connectivity index (χ3n) is 4.28. The standard InChI is InChI=1S/C18H21N3O3/c22-16-6-5-13(10-17(16)23)9-14-3-2-8-21(12-14)18(24)20-15-4-1-7-19-11-15/h1,4-7,10-11,14,22-23H,2-3,8-9,12H2,(H,20,24). The number of rotatable bonds is 3. The number of aromatic nitrogens is 1. The number of aromatic hydroxyl groups is 2. The van der Waals surface area contributed by atoms with Gasteiger partial charge in [0.15, 0.2) is 11.5 Å². The van der Waals surface area contributed by atoms with Crippen molar-refractivity contribution in [1.29, 1.82) is 0 Å². The van der Waals surface area contributed by atoms with Gasteiger partial charge in [0.2, 0.25) is 0 Å². The predicted molar refractivity (Wildman–Crippen MR) is 91.0 cm³/mol. The van der Waals surface area contributed by atoms with E-state index in [1.165, 1.54) is 6.07 Å².